The van der Waals surface area contributed by atoms with E-state index in [0.29, 0.717) is 35.6 Å². The number of nitriles is 2. The van der Waals surface area contributed by atoms with Gasteiger partial charge in [0.15, 0.2) is 0 Å². The maximum Gasteiger partial charge on any atom is 0.335 e. The molecule has 1 aromatic carbocycles. The van der Waals surface area contributed by atoms with Gasteiger partial charge >= 0.3 is 5.97 Å². The number of benzene rings is 1. The number of aromatic carboxylic acids is 1. The lowest BCUT2D eigenvalue weighted by Crippen LogP contribution is -2.40. The van der Waals surface area contributed by atoms with Gasteiger partial charge in [0.2, 0.25) is 5.91 Å². The molecule has 7 heteroatoms. The van der Waals surface area contributed by atoms with Crippen molar-refractivity contribution >= 4 is 17.6 Å². The minimum Gasteiger partial charge on any atom is -0.478 e. The number of carboxylic acid groups (broad SMARTS) is 1. The van der Waals surface area contributed by atoms with Crippen molar-refractivity contribution in [3.05, 3.63) is 46.7 Å². The van der Waals surface area contributed by atoms with Crippen LogP contribution in [0.25, 0.3) is 0 Å². The van der Waals surface area contributed by atoms with Crippen LogP contribution in [0.2, 0.25) is 0 Å². The third kappa shape index (κ3) is 3.90. The molecule has 1 fully saturated rings. The molecule has 1 saturated heterocycles. The number of nitrogens with zero attached hydrogens (tertiary/aromatic N) is 4. The van der Waals surface area contributed by atoms with Crippen LogP contribution in [0.5, 0.6) is 0 Å². The Labute approximate surface area is 169 Å². The van der Waals surface area contributed by atoms with Crippen LogP contribution in [-0.2, 0) is 4.79 Å². The zero-order chi connectivity index (χ0) is 21.1. The highest BCUT2D eigenvalue weighted by Crippen LogP contribution is 2.42. The number of piperidine rings is 1. The average molecular weight is 390 g/mol. The van der Waals surface area contributed by atoms with Crippen LogP contribution < -0.4 is 0 Å². The van der Waals surface area contributed by atoms with E-state index in [1.165, 1.54) is 19.1 Å². The third-order valence-electron chi connectivity index (χ3n) is 5.67. The molecular formula is C22H22N4O3. The number of aliphatic imine (C=N–C) groups is 1. The van der Waals surface area contributed by atoms with E-state index in [0.717, 1.165) is 12.8 Å². The maximum absolute atomic E-state index is 11.8. The Morgan fingerprint density at radius 1 is 1.31 bits per heavy atom. The van der Waals surface area contributed by atoms with Crippen molar-refractivity contribution < 1.29 is 14.7 Å². The highest BCUT2D eigenvalue weighted by Gasteiger charge is 2.38. The van der Waals surface area contributed by atoms with E-state index in [1.54, 1.807) is 24.0 Å². The van der Waals surface area contributed by atoms with Crippen molar-refractivity contribution in [1.82, 2.24) is 4.90 Å². The molecule has 29 heavy (non-hydrogen) atoms. The smallest absolute Gasteiger partial charge is 0.335 e. The van der Waals surface area contributed by atoms with E-state index in [2.05, 4.69) is 17.1 Å². The lowest BCUT2D eigenvalue weighted by atomic mass is 9.74. The van der Waals surface area contributed by atoms with Crippen LogP contribution >= 0.6 is 0 Å². The van der Waals surface area contributed by atoms with Crippen molar-refractivity contribution in [1.29, 1.82) is 10.5 Å². The van der Waals surface area contributed by atoms with E-state index in [9.17, 15) is 25.2 Å². The molecule has 0 aromatic heterocycles. The van der Waals surface area contributed by atoms with Crippen LogP contribution in [0.3, 0.4) is 0 Å². The van der Waals surface area contributed by atoms with Gasteiger partial charge in [-0.2, -0.15) is 10.5 Å². The van der Waals surface area contributed by atoms with Gasteiger partial charge in [-0.15, -0.1) is 0 Å². The Hall–Kier alpha value is -3.45. The predicted octanol–water partition coefficient (Wildman–Crippen LogP) is 3.12. The molecule has 0 saturated carbocycles. The van der Waals surface area contributed by atoms with Crippen LogP contribution in [0.1, 0.15) is 48.5 Å². The average Bonchev–Trinajstić information content (AvgIpc) is 2.73. The van der Waals surface area contributed by atoms with Gasteiger partial charge in [-0.3, -0.25) is 9.79 Å². The Morgan fingerprint density at radius 2 is 2.07 bits per heavy atom. The largest absolute Gasteiger partial charge is 0.478 e. The molecule has 7 nitrogen and oxygen atoms in total. The minimum absolute atomic E-state index is 0.00840. The van der Waals surface area contributed by atoms with Gasteiger partial charge in [0, 0.05) is 37.6 Å². The Kier molecular flexibility index (Phi) is 5.79. The minimum atomic E-state index is -1.06. The summed E-state index contributed by atoms with van der Waals surface area (Å²) < 4.78 is 0. The van der Waals surface area contributed by atoms with E-state index < -0.39 is 17.8 Å². The van der Waals surface area contributed by atoms with Gasteiger partial charge in [0.05, 0.1) is 34.9 Å². The van der Waals surface area contributed by atoms with Gasteiger partial charge in [-0.1, -0.05) is 12.1 Å². The van der Waals surface area contributed by atoms with Crippen molar-refractivity contribution in [2.75, 3.05) is 13.1 Å². The molecule has 3 unspecified atom stereocenters. The molecule has 1 amide bonds. The topological polar surface area (TPSA) is 118 Å². The van der Waals surface area contributed by atoms with Gasteiger partial charge in [-0.25, -0.2) is 4.79 Å². The van der Waals surface area contributed by atoms with Crippen molar-refractivity contribution in [3.63, 3.8) is 0 Å². The highest BCUT2D eigenvalue weighted by molar-refractivity contribution is 5.91. The van der Waals surface area contributed by atoms with Crippen LogP contribution in [0.4, 0.5) is 0 Å². The van der Waals surface area contributed by atoms with Crippen LogP contribution in [0.15, 0.2) is 40.5 Å². The maximum atomic E-state index is 11.8. The summed E-state index contributed by atoms with van der Waals surface area (Å²) in [5.41, 5.74) is 2.33. The number of amides is 1. The normalized spacial score (nSPS) is 24.3. The summed E-state index contributed by atoms with van der Waals surface area (Å²) in [6, 6.07) is 10.9. The molecule has 3 rings (SSSR count). The Bertz CT molecular complexity index is 996. The number of rotatable bonds is 3. The van der Waals surface area contributed by atoms with Gasteiger partial charge in [0.1, 0.15) is 0 Å². The van der Waals surface area contributed by atoms with Crippen molar-refractivity contribution in [2.45, 2.75) is 32.6 Å². The molecular weight excluding hydrogens is 368 g/mol. The molecule has 1 aromatic rings. The van der Waals surface area contributed by atoms with Crippen LogP contribution in [-0.4, -0.2) is 40.7 Å². The molecule has 148 valence electrons. The molecule has 0 aliphatic carbocycles. The molecule has 0 radical (unpaired) electrons. The first-order valence-electron chi connectivity index (χ1n) is 9.55. The van der Waals surface area contributed by atoms with E-state index in [-0.39, 0.29) is 17.4 Å². The molecule has 2 heterocycles. The van der Waals surface area contributed by atoms with Crippen LogP contribution in [0, 0.1) is 34.5 Å². The highest BCUT2D eigenvalue weighted by atomic mass is 16.4. The lowest BCUT2D eigenvalue weighted by molar-refractivity contribution is -0.130. The van der Waals surface area contributed by atoms with Gasteiger partial charge in [-0.05, 0) is 37.5 Å². The van der Waals surface area contributed by atoms with Gasteiger partial charge < -0.3 is 10.0 Å². The first-order valence-corrected chi connectivity index (χ1v) is 9.55. The summed E-state index contributed by atoms with van der Waals surface area (Å²) in [6.45, 7) is 4.48. The second-order valence-corrected chi connectivity index (χ2v) is 7.48. The summed E-state index contributed by atoms with van der Waals surface area (Å²) in [5.74, 6) is -2.38. The number of hydrogen-bond acceptors (Lipinski definition) is 5. The SMILES string of the molecule is CC(=O)N1CCCC(C2=C(C#N)C(c3cccc(C(=O)O)c3)C(C#N)C(C)=N2)C1. The second-order valence-electron chi connectivity index (χ2n) is 7.48. The standard InChI is InChI=1S/C22H22N4O3/c1-13-18(10-23)20(15-5-3-6-16(9-15)22(28)29)19(11-24)21(25-13)17-7-4-8-26(12-17)14(2)27/h3,5-6,9,17-18,20H,4,7-8,12H2,1-2H3,(H,28,29). The quantitative estimate of drug-likeness (QED) is 0.851. The zero-order valence-electron chi connectivity index (χ0n) is 16.4. The van der Waals surface area contributed by atoms with Crippen molar-refractivity contribution in [3.8, 4) is 12.1 Å². The summed E-state index contributed by atoms with van der Waals surface area (Å²) >= 11 is 0. The summed E-state index contributed by atoms with van der Waals surface area (Å²) in [6.07, 6.45) is 1.63. The number of allylic oxidation sites excluding steroid dienone is 1. The summed E-state index contributed by atoms with van der Waals surface area (Å²) in [5, 5.41) is 29.1. The first kappa shape index (κ1) is 20.3. The van der Waals surface area contributed by atoms with Crippen molar-refractivity contribution in [2.24, 2.45) is 16.8 Å². The fourth-order valence-corrected chi connectivity index (χ4v) is 4.20. The fourth-order valence-electron chi connectivity index (χ4n) is 4.20. The van der Waals surface area contributed by atoms with E-state index in [1.807, 2.05) is 0 Å². The zero-order valence-corrected chi connectivity index (χ0v) is 16.4. The molecule has 0 spiro atoms. The lowest BCUT2D eigenvalue weighted by Gasteiger charge is -2.36. The Balaban J connectivity index is 2.11. The number of carbonyl (C=O) groups excluding carboxylic acids is 1. The Morgan fingerprint density at radius 3 is 2.69 bits per heavy atom. The number of carboxylic acids is 1. The molecule has 0 bridgehead atoms. The molecule has 2 aliphatic rings. The first-order chi connectivity index (χ1) is 13.9. The summed E-state index contributed by atoms with van der Waals surface area (Å²) in [4.78, 5) is 29.6. The molecule has 1 N–H and O–H groups in total. The number of carbonyl (C=O) groups is 2. The third-order valence-corrected chi connectivity index (χ3v) is 5.67. The second kappa shape index (κ2) is 8.28. The predicted molar refractivity (Wildman–Crippen MR) is 106 cm³/mol. The van der Waals surface area contributed by atoms with Gasteiger partial charge in [0.25, 0.3) is 0 Å². The fraction of sp³-hybridized carbons (Fsp3) is 0.409. The monoisotopic (exact) mass is 390 g/mol. The molecule has 3 atom stereocenters. The van der Waals surface area contributed by atoms with E-state index in [4.69, 9.17) is 0 Å². The number of hydrogen-bond donors (Lipinski definition) is 1. The molecule has 2 aliphatic heterocycles. The summed E-state index contributed by atoms with van der Waals surface area (Å²) in [7, 11) is 0. The number of likely N-dealkylation sites (tertiary alicyclic amines) is 1. The van der Waals surface area contributed by atoms with E-state index >= 15 is 0 Å².